The van der Waals surface area contributed by atoms with Gasteiger partial charge in [-0.1, -0.05) is 24.6 Å². The number of amides is 1. The highest BCUT2D eigenvalue weighted by molar-refractivity contribution is 6.31. The Morgan fingerprint density at radius 3 is 3.00 bits per heavy atom. The minimum Gasteiger partial charge on any atom is -0.322 e. The molecule has 0 aliphatic carbocycles. The Morgan fingerprint density at radius 2 is 2.39 bits per heavy atom. The van der Waals surface area contributed by atoms with E-state index in [2.05, 4.69) is 10.6 Å². The lowest BCUT2D eigenvalue weighted by molar-refractivity contribution is -0.122. The second-order valence-electron chi connectivity index (χ2n) is 4.52. The molecule has 1 unspecified atom stereocenters. The van der Waals surface area contributed by atoms with Crippen molar-refractivity contribution in [2.24, 2.45) is 0 Å². The normalized spacial score (nSPS) is 23.1. The van der Waals surface area contributed by atoms with E-state index in [1.807, 2.05) is 6.92 Å². The maximum Gasteiger partial charge on any atom is 0.244 e. The Bertz CT molecular complexity index is 458. The van der Waals surface area contributed by atoms with E-state index in [9.17, 15) is 9.18 Å². The van der Waals surface area contributed by atoms with Gasteiger partial charge in [-0.15, -0.1) is 0 Å². The van der Waals surface area contributed by atoms with Crippen LogP contribution >= 0.6 is 11.6 Å². The summed E-state index contributed by atoms with van der Waals surface area (Å²) in [6.07, 6.45) is 2.41. The number of carbonyl (C=O) groups is 1. The number of benzene rings is 1. The van der Waals surface area contributed by atoms with Crippen molar-refractivity contribution in [1.29, 1.82) is 0 Å². The smallest absolute Gasteiger partial charge is 0.244 e. The van der Waals surface area contributed by atoms with Crippen molar-refractivity contribution in [3.05, 3.63) is 29.0 Å². The van der Waals surface area contributed by atoms with Crippen LogP contribution in [-0.4, -0.2) is 18.0 Å². The van der Waals surface area contributed by atoms with E-state index in [0.717, 1.165) is 19.4 Å². The first-order valence-electron chi connectivity index (χ1n) is 6.09. The largest absolute Gasteiger partial charge is 0.322 e. The molecular weight excluding hydrogens is 255 g/mol. The number of halogens is 2. The van der Waals surface area contributed by atoms with Gasteiger partial charge in [-0.25, -0.2) is 4.39 Å². The monoisotopic (exact) mass is 270 g/mol. The Labute approximate surface area is 111 Å². The van der Waals surface area contributed by atoms with Crippen molar-refractivity contribution in [3.8, 4) is 0 Å². The maximum absolute atomic E-state index is 13.7. The quantitative estimate of drug-likeness (QED) is 0.887. The molecule has 5 heteroatoms. The van der Waals surface area contributed by atoms with Crippen molar-refractivity contribution in [1.82, 2.24) is 5.32 Å². The van der Waals surface area contributed by atoms with Crippen LogP contribution in [0.25, 0.3) is 0 Å². The molecule has 1 heterocycles. The average Bonchev–Trinajstić information content (AvgIpc) is 2.85. The van der Waals surface area contributed by atoms with Crippen molar-refractivity contribution in [2.75, 3.05) is 11.9 Å². The number of hydrogen-bond acceptors (Lipinski definition) is 2. The van der Waals surface area contributed by atoms with Crippen molar-refractivity contribution in [2.45, 2.75) is 31.7 Å². The Morgan fingerprint density at radius 1 is 1.61 bits per heavy atom. The van der Waals surface area contributed by atoms with E-state index in [1.54, 1.807) is 6.07 Å². The summed E-state index contributed by atoms with van der Waals surface area (Å²) in [6, 6.07) is 4.58. The third kappa shape index (κ3) is 2.35. The van der Waals surface area contributed by atoms with Crippen LogP contribution in [0.15, 0.2) is 18.2 Å². The standard InChI is InChI=1S/C13H16ClFN2O/c1-2-13(7-4-8-16-13)12(18)17-10-6-3-5-9(14)11(10)15/h3,5-6,16H,2,4,7-8H2,1H3,(H,17,18). The predicted molar refractivity (Wildman–Crippen MR) is 70.3 cm³/mol. The van der Waals surface area contributed by atoms with Crippen LogP contribution in [0.2, 0.25) is 5.02 Å². The van der Waals surface area contributed by atoms with E-state index in [0.29, 0.717) is 6.42 Å². The van der Waals surface area contributed by atoms with Gasteiger partial charge in [0.25, 0.3) is 0 Å². The molecule has 0 spiro atoms. The molecule has 2 rings (SSSR count). The molecule has 0 bridgehead atoms. The maximum atomic E-state index is 13.7. The second-order valence-corrected chi connectivity index (χ2v) is 4.93. The lowest BCUT2D eigenvalue weighted by Crippen LogP contribution is -2.50. The topological polar surface area (TPSA) is 41.1 Å². The number of nitrogens with one attached hydrogen (secondary N) is 2. The number of anilines is 1. The molecule has 98 valence electrons. The first-order valence-corrected chi connectivity index (χ1v) is 6.47. The zero-order valence-corrected chi connectivity index (χ0v) is 11.0. The van der Waals surface area contributed by atoms with E-state index >= 15 is 0 Å². The molecule has 1 aromatic carbocycles. The summed E-state index contributed by atoms with van der Waals surface area (Å²) in [5.74, 6) is -0.777. The van der Waals surface area contributed by atoms with Crippen LogP contribution in [0.3, 0.4) is 0 Å². The molecule has 1 aliphatic heterocycles. The van der Waals surface area contributed by atoms with Gasteiger partial charge in [0.1, 0.15) is 0 Å². The molecule has 0 saturated carbocycles. The SMILES string of the molecule is CCC1(C(=O)Nc2cccc(Cl)c2F)CCCN1. The lowest BCUT2D eigenvalue weighted by Gasteiger charge is -2.26. The Hall–Kier alpha value is -1.13. The molecule has 0 radical (unpaired) electrons. The fraction of sp³-hybridized carbons (Fsp3) is 0.462. The van der Waals surface area contributed by atoms with Gasteiger partial charge < -0.3 is 10.6 Å². The highest BCUT2D eigenvalue weighted by Crippen LogP contribution is 2.27. The van der Waals surface area contributed by atoms with Gasteiger partial charge in [0.2, 0.25) is 5.91 Å². The Balaban J connectivity index is 2.18. The summed E-state index contributed by atoms with van der Waals surface area (Å²) in [5, 5.41) is 5.84. The highest BCUT2D eigenvalue weighted by atomic mass is 35.5. The summed E-state index contributed by atoms with van der Waals surface area (Å²) < 4.78 is 13.7. The van der Waals surface area contributed by atoms with Gasteiger partial charge in [0.05, 0.1) is 16.2 Å². The molecule has 18 heavy (non-hydrogen) atoms. The lowest BCUT2D eigenvalue weighted by atomic mass is 9.93. The predicted octanol–water partition coefficient (Wildman–Crippen LogP) is 2.95. The summed E-state index contributed by atoms with van der Waals surface area (Å²) in [4.78, 5) is 12.2. The molecular formula is C13H16ClFN2O. The molecule has 1 saturated heterocycles. The Kier molecular flexibility index (Phi) is 3.88. The zero-order chi connectivity index (χ0) is 13.2. The van der Waals surface area contributed by atoms with E-state index < -0.39 is 11.4 Å². The summed E-state index contributed by atoms with van der Waals surface area (Å²) in [7, 11) is 0. The molecule has 1 fully saturated rings. The summed E-state index contributed by atoms with van der Waals surface area (Å²) in [5.41, 5.74) is -0.441. The van der Waals surface area contributed by atoms with E-state index in [-0.39, 0.29) is 16.6 Å². The van der Waals surface area contributed by atoms with Gasteiger partial charge in [0.15, 0.2) is 5.82 Å². The first-order chi connectivity index (χ1) is 8.59. The van der Waals surface area contributed by atoms with Crippen molar-refractivity contribution >= 4 is 23.2 Å². The van der Waals surface area contributed by atoms with Gasteiger partial charge >= 0.3 is 0 Å². The molecule has 1 aromatic rings. The second kappa shape index (κ2) is 5.24. The van der Waals surface area contributed by atoms with Crippen LogP contribution in [-0.2, 0) is 4.79 Å². The molecule has 2 N–H and O–H groups in total. The van der Waals surface area contributed by atoms with Crippen LogP contribution in [0.5, 0.6) is 0 Å². The minimum atomic E-state index is -0.586. The number of hydrogen-bond donors (Lipinski definition) is 2. The third-order valence-corrected chi connectivity index (χ3v) is 3.77. The average molecular weight is 271 g/mol. The fourth-order valence-electron chi connectivity index (χ4n) is 2.30. The first kappa shape index (κ1) is 13.3. The molecule has 1 amide bonds. The fourth-order valence-corrected chi connectivity index (χ4v) is 2.48. The number of rotatable bonds is 3. The van der Waals surface area contributed by atoms with Gasteiger partial charge in [-0.2, -0.15) is 0 Å². The van der Waals surface area contributed by atoms with Gasteiger partial charge in [-0.3, -0.25) is 4.79 Å². The van der Waals surface area contributed by atoms with Crippen LogP contribution < -0.4 is 10.6 Å². The highest BCUT2D eigenvalue weighted by Gasteiger charge is 2.39. The van der Waals surface area contributed by atoms with Crippen molar-refractivity contribution in [3.63, 3.8) is 0 Å². The van der Waals surface area contributed by atoms with Crippen LogP contribution in [0, 0.1) is 5.82 Å². The minimum absolute atomic E-state index is 0.0118. The summed E-state index contributed by atoms with van der Waals surface area (Å²) >= 11 is 5.68. The molecule has 1 aliphatic rings. The van der Waals surface area contributed by atoms with Crippen LogP contribution in [0.1, 0.15) is 26.2 Å². The van der Waals surface area contributed by atoms with Gasteiger partial charge in [0, 0.05) is 0 Å². The summed E-state index contributed by atoms with van der Waals surface area (Å²) in [6.45, 7) is 2.77. The van der Waals surface area contributed by atoms with Crippen LogP contribution in [0.4, 0.5) is 10.1 Å². The molecule has 0 aromatic heterocycles. The van der Waals surface area contributed by atoms with Crippen molar-refractivity contribution < 1.29 is 9.18 Å². The molecule has 3 nitrogen and oxygen atoms in total. The number of carbonyl (C=O) groups excluding carboxylic acids is 1. The molecule has 1 atom stereocenters. The zero-order valence-electron chi connectivity index (χ0n) is 10.2. The van der Waals surface area contributed by atoms with E-state index in [4.69, 9.17) is 11.6 Å². The van der Waals surface area contributed by atoms with E-state index in [1.165, 1.54) is 12.1 Å². The third-order valence-electron chi connectivity index (χ3n) is 3.48. The van der Waals surface area contributed by atoms with Gasteiger partial charge in [-0.05, 0) is 37.9 Å².